The third-order valence-electron chi connectivity index (χ3n) is 3.01. The van der Waals surface area contributed by atoms with E-state index in [1.54, 1.807) is 14.1 Å². The van der Waals surface area contributed by atoms with Crippen molar-refractivity contribution in [3.8, 4) is 0 Å². The van der Waals surface area contributed by atoms with E-state index in [4.69, 9.17) is 0 Å². The summed E-state index contributed by atoms with van der Waals surface area (Å²) < 4.78 is 4.39. The molecule has 2 aromatic rings. The van der Waals surface area contributed by atoms with Gasteiger partial charge in [-0.1, -0.05) is 6.92 Å². The van der Waals surface area contributed by atoms with E-state index in [2.05, 4.69) is 10.3 Å². The Hall–Kier alpha value is -2.05. The number of anilines is 1. The van der Waals surface area contributed by atoms with Crippen molar-refractivity contribution in [2.45, 2.75) is 19.9 Å². The van der Waals surface area contributed by atoms with Gasteiger partial charge in [-0.25, -0.2) is 9.78 Å². The molecule has 1 N–H and O–H groups in total. The van der Waals surface area contributed by atoms with Gasteiger partial charge in [-0.05, 0) is 6.42 Å². The molecule has 0 amide bonds. The molecule has 0 bridgehead atoms. The van der Waals surface area contributed by atoms with Crippen molar-refractivity contribution in [1.82, 2.24) is 18.7 Å². The van der Waals surface area contributed by atoms with Crippen LogP contribution in [0, 0.1) is 0 Å². The number of fused-ring (bicyclic) bond motifs is 1. The summed E-state index contributed by atoms with van der Waals surface area (Å²) in [6.45, 7) is 2.73. The molecule has 0 aliphatic heterocycles. The van der Waals surface area contributed by atoms with Gasteiger partial charge in [-0.15, -0.1) is 0 Å². The van der Waals surface area contributed by atoms with Gasteiger partial charge in [0.05, 0.1) is 0 Å². The minimum atomic E-state index is -0.362. The van der Waals surface area contributed by atoms with Gasteiger partial charge in [0.25, 0.3) is 5.56 Å². The van der Waals surface area contributed by atoms with Crippen molar-refractivity contribution in [3.05, 3.63) is 20.8 Å². The molecule has 7 nitrogen and oxygen atoms in total. The Labute approximate surface area is 104 Å². The quantitative estimate of drug-likeness (QED) is 0.825. The number of imidazole rings is 1. The van der Waals surface area contributed by atoms with Crippen LogP contribution in [0.3, 0.4) is 0 Å². The van der Waals surface area contributed by atoms with E-state index >= 15 is 0 Å². The average molecular weight is 251 g/mol. The standard InChI is InChI=1S/C11H17N5O2/c1-5-6-16-8-7(13-10(16)12-2)9(17)15(4)11(18)14(8)3/h5-6H2,1-4H3,(H,12,13). The summed E-state index contributed by atoms with van der Waals surface area (Å²) >= 11 is 0. The highest BCUT2D eigenvalue weighted by Crippen LogP contribution is 2.15. The molecule has 18 heavy (non-hydrogen) atoms. The van der Waals surface area contributed by atoms with Crippen LogP contribution in [0.4, 0.5) is 5.95 Å². The first-order valence-corrected chi connectivity index (χ1v) is 5.86. The van der Waals surface area contributed by atoms with E-state index in [0.717, 1.165) is 11.0 Å². The van der Waals surface area contributed by atoms with E-state index in [9.17, 15) is 9.59 Å². The van der Waals surface area contributed by atoms with Crippen LogP contribution in [0.25, 0.3) is 11.2 Å². The summed E-state index contributed by atoms with van der Waals surface area (Å²) in [5, 5.41) is 2.95. The molecule has 0 atom stereocenters. The summed E-state index contributed by atoms with van der Waals surface area (Å²) in [7, 11) is 4.86. The summed E-state index contributed by atoms with van der Waals surface area (Å²) in [6.07, 6.45) is 0.892. The van der Waals surface area contributed by atoms with Gasteiger partial charge < -0.3 is 5.32 Å². The first-order valence-electron chi connectivity index (χ1n) is 5.86. The van der Waals surface area contributed by atoms with E-state index in [-0.39, 0.29) is 11.2 Å². The van der Waals surface area contributed by atoms with E-state index in [1.165, 1.54) is 11.6 Å². The summed E-state index contributed by atoms with van der Waals surface area (Å²) in [5.41, 5.74) is 0.179. The van der Waals surface area contributed by atoms with Crippen LogP contribution in [-0.2, 0) is 20.6 Å². The normalized spacial score (nSPS) is 11.1. The number of hydrogen-bond acceptors (Lipinski definition) is 4. The Kier molecular flexibility index (Phi) is 2.98. The largest absolute Gasteiger partial charge is 0.359 e. The molecule has 0 spiro atoms. The van der Waals surface area contributed by atoms with E-state index < -0.39 is 0 Å². The molecule has 7 heteroatoms. The molecule has 0 radical (unpaired) electrons. The number of aryl methyl sites for hydroxylation is 2. The lowest BCUT2D eigenvalue weighted by Crippen LogP contribution is -2.37. The van der Waals surface area contributed by atoms with Gasteiger partial charge in [-0.2, -0.15) is 0 Å². The van der Waals surface area contributed by atoms with Gasteiger partial charge >= 0.3 is 5.69 Å². The second kappa shape index (κ2) is 4.32. The predicted molar refractivity (Wildman–Crippen MR) is 70.1 cm³/mol. The summed E-state index contributed by atoms with van der Waals surface area (Å²) in [6, 6.07) is 0. The number of hydrogen-bond donors (Lipinski definition) is 1. The Morgan fingerprint density at radius 1 is 1.22 bits per heavy atom. The molecule has 0 aromatic carbocycles. The van der Waals surface area contributed by atoms with Crippen molar-refractivity contribution >= 4 is 17.1 Å². The highest BCUT2D eigenvalue weighted by Gasteiger charge is 2.17. The lowest BCUT2D eigenvalue weighted by molar-refractivity contribution is 0.656. The van der Waals surface area contributed by atoms with E-state index in [0.29, 0.717) is 23.7 Å². The predicted octanol–water partition coefficient (Wildman–Crippen LogP) is -0.115. The molecule has 0 saturated heterocycles. The molecular weight excluding hydrogens is 234 g/mol. The maximum absolute atomic E-state index is 12.0. The lowest BCUT2D eigenvalue weighted by Gasteiger charge is -2.09. The van der Waals surface area contributed by atoms with Gasteiger partial charge in [0.2, 0.25) is 5.95 Å². The monoisotopic (exact) mass is 251 g/mol. The molecule has 2 heterocycles. The molecule has 0 fully saturated rings. The Morgan fingerprint density at radius 3 is 2.44 bits per heavy atom. The van der Waals surface area contributed by atoms with Crippen molar-refractivity contribution in [3.63, 3.8) is 0 Å². The molecule has 0 saturated carbocycles. The van der Waals surface area contributed by atoms with Crippen molar-refractivity contribution in [2.24, 2.45) is 14.1 Å². The van der Waals surface area contributed by atoms with Gasteiger partial charge in [0.15, 0.2) is 11.2 Å². The van der Waals surface area contributed by atoms with Crippen LogP contribution in [0.2, 0.25) is 0 Å². The SMILES string of the molecule is CCCn1c(NC)nc2c(=O)n(C)c(=O)n(C)c21. The molecule has 0 aliphatic rings. The number of nitrogens with zero attached hydrogens (tertiary/aromatic N) is 4. The third-order valence-corrected chi connectivity index (χ3v) is 3.01. The fraction of sp³-hybridized carbons (Fsp3) is 0.545. The maximum Gasteiger partial charge on any atom is 0.332 e. The van der Waals surface area contributed by atoms with Crippen molar-refractivity contribution in [2.75, 3.05) is 12.4 Å². The van der Waals surface area contributed by atoms with Crippen LogP contribution in [-0.4, -0.2) is 25.7 Å². The van der Waals surface area contributed by atoms with Crippen LogP contribution in [0.15, 0.2) is 9.59 Å². The lowest BCUT2D eigenvalue weighted by atomic mass is 10.4. The third kappa shape index (κ3) is 1.54. The molecule has 0 aliphatic carbocycles. The molecule has 0 unspecified atom stereocenters. The second-order valence-corrected chi connectivity index (χ2v) is 4.22. The zero-order chi connectivity index (χ0) is 13.4. The summed E-state index contributed by atoms with van der Waals surface area (Å²) in [5.74, 6) is 0.602. The topological polar surface area (TPSA) is 73.8 Å². The Bertz CT molecular complexity index is 707. The van der Waals surface area contributed by atoms with Crippen molar-refractivity contribution < 1.29 is 0 Å². The molecule has 2 rings (SSSR count). The maximum atomic E-state index is 12.0. The molecule has 98 valence electrons. The van der Waals surface area contributed by atoms with Crippen LogP contribution in [0.5, 0.6) is 0 Å². The zero-order valence-electron chi connectivity index (χ0n) is 11.0. The van der Waals surface area contributed by atoms with Gasteiger partial charge in [0.1, 0.15) is 0 Å². The second-order valence-electron chi connectivity index (χ2n) is 4.22. The molecule has 2 aromatic heterocycles. The van der Waals surface area contributed by atoms with Gasteiger partial charge in [0, 0.05) is 27.7 Å². The zero-order valence-corrected chi connectivity index (χ0v) is 11.0. The summed E-state index contributed by atoms with van der Waals surface area (Å²) in [4.78, 5) is 28.2. The average Bonchev–Trinajstić information content (AvgIpc) is 2.73. The van der Waals surface area contributed by atoms with Crippen LogP contribution in [0.1, 0.15) is 13.3 Å². The Morgan fingerprint density at radius 2 is 1.89 bits per heavy atom. The minimum absolute atomic E-state index is 0.317. The highest BCUT2D eigenvalue weighted by atomic mass is 16.2. The first kappa shape index (κ1) is 12.4. The smallest absolute Gasteiger partial charge is 0.332 e. The van der Waals surface area contributed by atoms with Crippen LogP contribution < -0.4 is 16.6 Å². The molecular formula is C11H17N5O2. The number of nitrogens with one attached hydrogen (secondary N) is 1. The number of rotatable bonds is 3. The van der Waals surface area contributed by atoms with Crippen LogP contribution >= 0.6 is 0 Å². The van der Waals surface area contributed by atoms with E-state index in [1.807, 2.05) is 11.5 Å². The van der Waals surface area contributed by atoms with Crippen molar-refractivity contribution in [1.29, 1.82) is 0 Å². The minimum Gasteiger partial charge on any atom is -0.359 e. The number of aromatic nitrogens is 4. The Balaban J connectivity index is 3.00. The highest BCUT2D eigenvalue weighted by molar-refractivity contribution is 5.74. The fourth-order valence-corrected chi connectivity index (χ4v) is 2.12. The first-order chi connectivity index (χ1) is 8.52. The van der Waals surface area contributed by atoms with Gasteiger partial charge in [-0.3, -0.25) is 18.5 Å². The fourth-order valence-electron chi connectivity index (χ4n) is 2.12.